The van der Waals surface area contributed by atoms with E-state index in [0.717, 1.165) is 16.1 Å². The van der Waals surface area contributed by atoms with Gasteiger partial charge in [-0.15, -0.1) is 0 Å². The summed E-state index contributed by atoms with van der Waals surface area (Å²) in [5.41, 5.74) is 9.50. The third-order valence-corrected chi connectivity index (χ3v) is 6.94. The van der Waals surface area contributed by atoms with E-state index in [1.54, 1.807) is 13.1 Å². The maximum atomic E-state index is 11.6. The highest BCUT2D eigenvalue weighted by Crippen LogP contribution is 2.57. The summed E-state index contributed by atoms with van der Waals surface area (Å²) < 4.78 is 36.4. The van der Waals surface area contributed by atoms with Crippen molar-refractivity contribution >= 4 is 38.8 Å². The maximum absolute atomic E-state index is 11.6. The number of hydrogen-bond donors (Lipinski definition) is 4. The molecule has 0 aromatic carbocycles. The van der Waals surface area contributed by atoms with Crippen LogP contribution in [0.5, 0.6) is 0 Å². The lowest BCUT2D eigenvalue weighted by atomic mass is 10.2. The molecular formula is C14H21ClN4O9P2S. The third kappa shape index (κ3) is 9.27. The molecule has 0 aliphatic rings. The van der Waals surface area contributed by atoms with Crippen LogP contribution in [0.3, 0.4) is 0 Å². The summed E-state index contributed by atoms with van der Waals surface area (Å²) in [5, 5.41) is 0. The fourth-order valence-corrected chi connectivity index (χ4v) is 4.77. The van der Waals surface area contributed by atoms with E-state index < -0.39 is 28.2 Å². The molecule has 0 amide bonds. The molecule has 0 saturated carbocycles. The molecule has 13 nitrogen and oxygen atoms in total. The number of phosphoric ester groups is 1. The average molecular weight is 519 g/mol. The number of ether oxygens (including phenoxy) is 1. The highest BCUT2D eigenvalue weighted by molar-refractivity contribution is 7.60. The lowest BCUT2D eigenvalue weighted by Gasteiger charge is -2.11. The molecule has 1 atom stereocenters. The number of anilines is 1. The van der Waals surface area contributed by atoms with Crippen molar-refractivity contribution in [2.24, 2.45) is 0 Å². The van der Waals surface area contributed by atoms with Gasteiger partial charge in [0.25, 0.3) is 0 Å². The summed E-state index contributed by atoms with van der Waals surface area (Å²) in [6.45, 7) is 3.08. The summed E-state index contributed by atoms with van der Waals surface area (Å²) in [6, 6.07) is 0. The normalized spacial score (nSPS) is 13.3. The number of phosphoric acid groups is 2. The molecule has 0 bridgehead atoms. The Morgan fingerprint density at radius 1 is 1.29 bits per heavy atom. The fraction of sp³-hybridized carbons (Fsp3) is 0.429. The molecule has 0 radical (unpaired) electrons. The number of halogens is 1. The minimum Gasteiger partial charge on any atom is -1.00 e. The van der Waals surface area contributed by atoms with Crippen LogP contribution in [-0.4, -0.2) is 43.8 Å². The molecule has 17 heteroatoms. The van der Waals surface area contributed by atoms with Gasteiger partial charge in [-0.25, -0.2) is 23.9 Å². The van der Waals surface area contributed by atoms with Gasteiger partial charge < -0.3 is 37.6 Å². The van der Waals surface area contributed by atoms with Crippen LogP contribution in [0.1, 0.15) is 22.0 Å². The molecular weight excluding hydrogens is 498 g/mol. The van der Waals surface area contributed by atoms with Gasteiger partial charge in [0.2, 0.25) is 5.51 Å². The average Bonchev–Trinajstić information content (AvgIpc) is 2.94. The standard InChI is InChI=1S/C14H20N4O9P2S.ClH/c1-9-12(30-8-18(9)6-11-5-16-10(2)17-14(11)15)3-4-25-13(19)7-26-29(23,24)27-28(20,21)22;/h5,8H,3-4,6-7H2,1-2H3,(H4-,15,16,17,20,21,22,23,24);1H. The van der Waals surface area contributed by atoms with Crippen molar-refractivity contribution in [1.29, 1.82) is 0 Å². The van der Waals surface area contributed by atoms with Crippen molar-refractivity contribution in [3.63, 3.8) is 0 Å². The number of nitrogen functional groups attached to an aromatic ring is 1. The van der Waals surface area contributed by atoms with Crippen LogP contribution in [-0.2, 0) is 40.5 Å². The van der Waals surface area contributed by atoms with E-state index in [9.17, 15) is 13.9 Å². The van der Waals surface area contributed by atoms with E-state index in [0.29, 0.717) is 24.6 Å². The molecule has 0 saturated heterocycles. The molecule has 0 fully saturated rings. The molecule has 5 N–H and O–H groups in total. The van der Waals surface area contributed by atoms with Gasteiger partial charge in [0.1, 0.15) is 11.6 Å². The Kier molecular flexibility index (Phi) is 10.1. The van der Waals surface area contributed by atoms with Crippen LogP contribution < -0.4 is 22.7 Å². The van der Waals surface area contributed by atoms with Crippen LogP contribution in [0.2, 0.25) is 0 Å². The Morgan fingerprint density at radius 3 is 2.58 bits per heavy atom. The lowest BCUT2D eigenvalue weighted by Crippen LogP contribution is -3.00. The van der Waals surface area contributed by atoms with E-state index in [-0.39, 0.29) is 19.0 Å². The maximum Gasteiger partial charge on any atom is 0.481 e. The Morgan fingerprint density at radius 2 is 1.97 bits per heavy atom. The molecule has 2 heterocycles. The van der Waals surface area contributed by atoms with Crippen LogP contribution >= 0.6 is 27.0 Å². The number of thiazole rings is 1. The number of aromatic nitrogens is 3. The lowest BCUT2D eigenvalue weighted by molar-refractivity contribution is -0.689. The highest BCUT2D eigenvalue weighted by atomic mass is 35.5. The monoisotopic (exact) mass is 518 g/mol. The number of esters is 1. The van der Waals surface area contributed by atoms with Crippen LogP contribution in [0, 0.1) is 13.8 Å². The number of nitrogens with zero attached hydrogens (tertiary/aromatic N) is 3. The third-order valence-electron chi connectivity index (χ3n) is 3.66. The smallest absolute Gasteiger partial charge is 0.481 e. The van der Waals surface area contributed by atoms with Crippen molar-refractivity contribution in [2.45, 2.75) is 26.8 Å². The molecule has 0 aliphatic carbocycles. The summed E-state index contributed by atoms with van der Waals surface area (Å²) in [4.78, 5) is 46.8. The SMILES string of the molecule is Cc1ncc(C[n+]2csc(CCOC(=O)COP(=O)(O)OP(=O)(O)O)c2C)c(N)n1.[Cl-]. The zero-order chi connectivity index (χ0) is 22.5. The van der Waals surface area contributed by atoms with E-state index >= 15 is 0 Å². The van der Waals surface area contributed by atoms with Crippen molar-refractivity contribution in [3.8, 4) is 0 Å². The van der Waals surface area contributed by atoms with Crippen molar-refractivity contribution < 1.29 is 59.2 Å². The summed E-state index contributed by atoms with van der Waals surface area (Å²) >= 11 is 1.45. The minimum atomic E-state index is -5.25. The Hall–Kier alpha value is -1.47. The molecule has 2 rings (SSSR count). The van der Waals surface area contributed by atoms with Gasteiger partial charge in [-0.2, -0.15) is 8.88 Å². The number of rotatable bonds is 10. The summed E-state index contributed by atoms with van der Waals surface area (Å²) in [5.74, 6) is -0.00847. The number of hydrogen-bond acceptors (Lipinski definition) is 10. The molecule has 2 aromatic heterocycles. The first-order valence-electron chi connectivity index (χ1n) is 8.30. The van der Waals surface area contributed by atoms with Gasteiger partial charge in [-0.05, 0) is 6.92 Å². The first kappa shape index (κ1) is 27.6. The van der Waals surface area contributed by atoms with E-state index in [2.05, 4.69) is 18.8 Å². The number of carbonyl (C=O) groups excluding carboxylic acids is 1. The molecule has 0 spiro atoms. The second kappa shape index (κ2) is 11.4. The van der Waals surface area contributed by atoms with Crippen LogP contribution in [0.15, 0.2) is 11.7 Å². The number of nitrogens with two attached hydrogens (primary N) is 1. The van der Waals surface area contributed by atoms with Crippen molar-refractivity contribution in [2.75, 3.05) is 18.9 Å². The highest BCUT2D eigenvalue weighted by Gasteiger charge is 2.33. The Balaban J connectivity index is 0.00000480. The van der Waals surface area contributed by atoms with Gasteiger partial charge >= 0.3 is 21.6 Å². The molecule has 1 unspecified atom stereocenters. The predicted octanol–water partition coefficient (Wildman–Crippen LogP) is -2.61. The van der Waals surface area contributed by atoms with Gasteiger partial charge in [-0.3, -0.25) is 4.52 Å². The summed E-state index contributed by atoms with van der Waals surface area (Å²) in [7, 11) is -10.3. The van der Waals surface area contributed by atoms with Crippen LogP contribution in [0.4, 0.5) is 5.82 Å². The van der Waals surface area contributed by atoms with E-state index in [1.807, 2.05) is 17.0 Å². The second-order valence-corrected chi connectivity index (χ2v) is 9.74. The van der Waals surface area contributed by atoms with Crippen molar-refractivity contribution in [1.82, 2.24) is 9.97 Å². The van der Waals surface area contributed by atoms with Gasteiger partial charge in [0, 0.05) is 19.5 Å². The topological polar surface area (TPSA) is 195 Å². The molecule has 2 aromatic rings. The molecule has 31 heavy (non-hydrogen) atoms. The fourth-order valence-electron chi connectivity index (χ4n) is 2.26. The zero-order valence-electron chi connectivity index (χ0n) is 16.4. The van der Waals surface area contributed by atoms with E-state index in [4.69, 9.17) is 25.2 Å². The zero-order valence-corrected chi connectivity index (χ0v) is 19.7. The first-order valence-corrected chi connectivity index (χ1v) is 12.2. The predicted molar refractivity (Wildman–Crippen MR) is 103 cm³/mol. The van der Waals surface area contributed by atoms with E-state index in [1.165, 1.54) is 11.3 Å². The largest absolute Gasteiger partial charge is 1.00 e. The Labute approximate surface area is 187 Å². The Bertz CT molecular complexity index is 1020. The minimum absolute atomic E-state index is 0. The van der Waals surface area contributed by atoms with Gasteiger partial charge in [-0.1, -0.05) is 11.3 Å². The van der Waals surface area contributed by atoms with Crippen LogP contribution in [0.25, 0.3) is 0 Å². The first-order chi connectivity index (χ1) is 13.9. The van der Waals surface area contributed by atoms with Gasteiger partial charge in [0.15, 0.2) is 18.8 Å². The van der Waals surface area contributed by atoms with Gasteiger partial charge in [0.05, 0.1) is 17.0 Å². The summed E-state index contributed by atoms with van der Waals surface area (Å²) in [6.07, 6.45) is 2.05. The number of carbonyl (C=O) groups is 1. The second-order valence-electron chi connectivity index (χ2n) is 5.97. The quantitative estimate of drug-likeness (QED) is 0.145. The number of aryl methyl sites for hydroxylation is 1. The molecule has 0 aliphatic heterocycles. The molecule has 174 valence electrons. The van der Waals surface area contributed by atoms with Crippen molar-refractivity contribution in [3.05, 3.63) is 33.7 Å².